The Morgan fingerprint density at radius 2 is 2.16 bits per heavy atom. The van der Waals surface area contributed by atoms with Gasteiger partial charge in [-0.3, -0.25) is 0 Å². The molecule has 0 amide bonds. The lowest BCUT2D eigenvalue weighted by Gasteiger charge is -2.11. The highest BCUT2D eigenvalue weighted by Gasteiger charge is 2.06. The molecule has 0 aliphatic rings. The molecule has 0 aliphatic heterocycles. The third-order valence-electron chi connectivity index (χ3n) is 2.47. The van der Waals surface area contributed by atoms with Crippen molar-refractivity contribution in [2.75, 3.05) is 12.4 Å². The molecule has 0 saturated heterocycles. The van der Waals surface area contributed by atoms with Crippen LogP contribution in [0.4, 0.5) is 11.5 Å². The average Bonchev–Trinajstić information content (AvgIpc) is 2.39. The second-order valence-corrected chi connectivity index (χ2v) is 4.64. The standard InChI is InChI=1S/C13H12ClN3OS/c1-18-11-3-2-9(14)7-10(11)17-12-6-8(13(15)19)4-5-16-12/h2-7H,1H3,(H2,15,19)(H,16,17). The smallest absolute Gasteiger partial charge is 0.142 e. The van der Waals surface area contributed by atoms with E-state index < -0.39 is 0 Å². The van der Waals surface area contributed by atoms with Crippen molar-refractivity contribution >= 4 is 40.3 Å². The van der Waals surface area contributed by atoms with Crippen LogP contribution in [0.1, 0.15) is 5.56 Å². The van der Waals surface area contributed by atoms with Crippen LogP contribution < -0.4 is 15.8 Å². The Bertz CT molecular complexity index is 619. The van der Waals surface area contributed by atoms with E-state index in [0.29, 0.717) is 21.6 Å². The fourth-order valence-electron chi connectivity index (χ4n) is 1.57. The molecule has 0 saturated carbocycles. The molecule has 2 aromatic rings. The average molecular weight is 294 g/mol. The molecule has 0 spiro atoms. The number of hydrogen-bond donors (Lipinski definition) is 2. The summed E-state index contributed by atoms with van der Waals surface area (Å²) in [5, 5.41) is 3.73. The third kappa shape index (κ3) is 3.33. The number of nitrogens with one attached hydrogen (secondary N) is 1. The number of nitrogens with two attached hydrogens (primary N) is 1. The SMILES string of the molecule is COc1ccc(Cl)cc1Nc1cc(C(N)=S)ccn1. The van der Waals surface area contributed by atoms with Crippen molar-refractivity contribution in [2.24, 2.45) is 5.73 Å². The van der Waals surface area contributed by atoms with Crippen LogP contribution in [0.3, 0.4) is 0 Å². The second kappa shape index (κ2) is 5.86. The molecule has 6 heteroatoms. The van der Waals surface area contributed by atoms with Gasteiger partial charge in [0.2, 0.25) is 0 Å². The van der Waals surface area contributed by atoms with Crippen molar-refractivity contribution in [3.63, 3.8) is 0 Å². The molecule has 98 valence electrons. The van der Waals surface area contributed by atoms with Crippen LogP contribution in [0, 0.1) is 0 Å². The van der Waals surface area contributed by atoms with E-state index >= 15 is 0 Å². The molecule has 0 aliphatic carbocycles. The molecule has 0 bridgehead atoms. The normalized spacial score (nSPS) is 10.0. The largest absolute Gasteiger partial charge is 0.495 e. The number of rotatable bonds is 4. The summed E-state index contributed by atoms with van der Waals surface area (Å²) in [5.74, 6) is 1.29. The number of benzene rings is 1. The summed E-state index contributed by atoms with van der Waals surface area (Å²) >= 11 is 10.9. The van der Waals surface area contributed by atoms with Crippen molar-refractivity contribution in [3.05, 3.63) is 47.1 Å². The number of methoxy groups -OCH3 is 1. The molecule has 1 aromatic heterocycles. The number of nitrogens with zero attached hydrogens (tertiary/aromatic N) is 1. The molecule has 3 N–H and O–H groups in total. The second-order valence-electron chi connectivity index (χ2n) is 3.76. The molecule has 0 fully saturated rings. The Hall–Kier alpha value is -1.85. The summed E-state index contributed by atoms with van der Waals surface area (Å²) in [7, 11) is 1.59. The number of aromatic nitrogens is 1. The maximum atomic E-state index is 5.97. The van der Waals surface area contributed by atoms with E-state index in [1.54, 1.807) is 43.6 Å². The quantitative estimate of drug-likeness (QED) is 0.848. The van der Waals surface area contributed by atoms with Crippen molar-refractivity contribution in [1.82, 2.24) is 4.98 Å². The molecule has 0 unspecified atom stereocenters. The first-order valence-electron chi connectivity index (χ1n) is 5.46. The first-order valence-corrected chi connectivity index (χ1v) is 6.25. The fraction of sp³-hybridized carbons (Fsp3) is 0.0769. The number of thiocarbonyl (C=S) groups is 1. The highest BCUT2D eigenvalue weighted by molar-refractivity contribution is 7.80. The minimum atomic E-state index is 0.323. The Morgan fingerprint density at radius 3 is 2.84 bits per heavy atom. The highest BCUT2D eigenvalue weighted by atomic mass is 35.5. The lowest BCUT2D eigenvalue weighted by Crippen LogP contribution is -2.10. The molecular weight excluding hydrogens is 282 g/mol. The minimum absolute atomic E-state index is 0.323. The lowest BCUT2D eigenvalue weighted by molar-refractivity contribution is 0.417. The predicted molar refractivity (Wildman–Crippen MR) is 81.4 cm³/mol. The molecule has 1 aromatic carbocycles. The monoisotopic (exact) mass is 293 g/mol. The Morgan fingerprint density at radius 1 is 1.37 bits per heavy atom. The van der Waals surface area contributed by atoms with E-state index in [1.165, 1.54) is 0 Å². The number of halogens is 1. The predicted octanol–water partition coefficient (Wildman–Crippen LogP) is 3.12. The van der Waals surface area contributed by atoms with Crippen LogP contribution in [-0.2, 0) is 0 Å². The molecule has 0 atom stereocenters. The van der Waals surface area contributed by atoms with E-state index in [1.807, 2.05) is 0 Å². The number of hydrogen-bond acceptors (Lipinski definition) is 4. The number of ether oxygens (including phenoxy) is 1. The molecule has 19 heavy (non-hydrogen) atoms. The summed E-state index contributed by atoms with van der Waals surface area (Å²) in [6, 6.07) is 8.81. The summed E-state index contributed by atoms with van der Waals surface area (Å²) in [6.45, 7) is 0. The van der Waals surface area contributed by atoms with Gasteiger partial charge in [0.1, 0.15) is 16.6 Å². The molecule has 0 radical (unpaired) electrons. The van der Waals surface area contributed by atoms with Crippen molar-refractivity contribution in [3.8, 4) is 5.75 Å². The molecule has 4 nitrogen and oxygen atoms in total. The third-order valence-corrected chi connectivity index (χ3v) is 2.94. The van der Waals surface area contributed by atoms with Gasteiger partial charge >= 0.3 is 0 Å². The molecular formula is C13H12ClN3OS. The first-order chi connectivity index (χ1) is 9.10. The number of anilines is 2. The van der Waals surface area contributed by atoms with Crippen LogP contribution in [0.25, 0.3) is 0 Å². The zero-order valence-corrected chi connectivity index (χ0v) is 11.8. The van der Waals surface area contributed by atoms with E-state index in [9.17, 15) is 0 Å². The topological polar surface area (TPSA) is 60.2 Å². The van der Waals surface area contributed by atoms with Gasteiger partial charge in [0, 0.05) is 16.8 Å². The highest BCUT2D eigenvalue weighted by Crippen LogP contribution is 2.29. The zero-order valence-electron chi connectivity index (χ0n) is 10.2. The van der Waals surface area contributed by atoms with E-state index in [0.717, 1.165) is 11.3 Å². The van der Waals surface area contributed by atoms with Gasteiger partial charge in [-0.15, -0.1) is 0 Å². The Kier molecular flexibility index (Phi) is 4.19. The maximum Gasteiger partial charge on any atom is 0.142 e. The van der Waals surface area contributed by atoms with Crippen LogP contribution in [0.5, 0.6) is 5.75 Å². The summed E-state index contributed by atoms with van der Waals surface area (Å²) in [4.78, 5) is 4.52. The first kappa shape index (κ1) is 13.6. The van der Waals surface area contributed by atoms with E-state index in [2.05, 4.69) is 10.3 Å². The van der Waals surface area contributed by atoms with Crippen molar-refractivity contribution in [1.29, 1.82) is 0 Å². The van der Waals surface area contributed by atoms with Gasteiger partial charge < -0.3 is 15.8 Å². The van der Waals surface area contributed by atoms with Crippen LogP contribution in [0.15, 0.2) is 36.5 Å². The van der Waals surface area contributed by atoms with Gasteiger partial charge in [0.15, 0.2) is 0 Å². The van der Waals surface area contributed by atoms with Gasteiger partial charge in [-0.2, -0.15) is 0 Å². The molecule has 2 rings (SSSR count). The van der Waals surface area contributed by atoms with Crippen molar-refractivity contribution < 1.29 is 4.74 Å². The van der Waals surface area contributed by atoms with Crippen LogP contribution >= 0.6 is 23.8 Å². The van der Waals surface area contributed by atoms with Gasteiger partial charge in [0.25, 0.3) is 0 Å². The van der Waals surface area contributed by atoms with E-state index in [-0.39, 0.29) is 0 Å². The van der Waals surface area contributed by atoms with Crippen LogP contribution in [-0.4, -0.2) is 17.1 Å². The summed E-state index contributed by atoms with van der Waals surface area (Å²) in [5.41, 5.74) is 7.05. The maximum absolute atomic E-state index is 5.97. The van der Waals surface area contributed by atoms with Gasteiger partial charge in [-0.25, -0.2) is 4.98 Å². The van der Waals surface area contributed by atoms with Gasteiger partial charge in [-0.05, 0) is 30.3 Å². The Labute approximate surface area is 121 Å². The van der Waals surface area contributed by atoms with E-state index in [4.69, 9.17) is 34.3 Å². The van der Waals surface area contributed by atoms with Gasteiger partial charge in [-0.1, -0.05) is 23.8 Å². The minimum Gasteiger partial charge on any atom is -0.495 e. The molecule has 1 heterocycles. The lowest BCUT2D eigenvalue weighted by atomic mass is 10.2. The van der Waals surface area contributed by atoms with Crippen LogP contribution in [0.2, 0.25) is 5.02 Å². The summed E-state index contributed by atoms with van der Waals surface area (Å²) < 4.78 is 5.25. The van der Waals surface area contributed by atoms with Gasteiger partial charge in [0.05, 0.1) is 12.8 Å². The Balaban J connectivity index is 2.33. The summed E-state index contributed by atoms with van der Waals surface area (Å²) in [6.07, 6.45) is 1.63. The zero-order chi connectivity index (χ0) is 13.8. The number of pyridine rings is 1. The fourth-order valence-corrected chi connectivity index (χ4v) is 1.87. The van der Waals surface area contributed by atoms with Crippen molar-refractivity contribution in [2.45, 2.75) is 0 Å².